The van der Waals surface area contributed by atoms with Crippen molar-refractivity contribution in [1.29, 1.82) is 0 Å². The minimum Gasteiger partial charge on any atom is -0.375 e. The minimum atomic E-state index is 0. The van der Waals surface area contributed by atoms with Gasteiger partial charge in [0.15, 0.2) is 5.13 Å². The van der Waals surface area contributed by atoms with Crippen LogP contribution in [0.2, 0.25) is 0 Å². The quantitative estimate of drug-likeness (QED) is 0.793. The van der Waals surface area contributed by atoms with Crippen LogP contribution in [-0.2, 0) is 6.42 Å². The summed E-state index contributed by atoms with van der Waals surface area (Å²) in [5, 5.41) is 0.651. The molecule has 1 aromatic heterocycles. The van der Waals surface area contributed by atoms with Gasteiger partial charge in [-0.05, 0) is 24.1 Å². The SMILES string of the molecule is CCc1ccc2nc(N)sc2c1.Cl. The van der Waals surface area contributed by atoms with Gasteiger partial charge in [0.25, 0.3) is 0 Å². The van der Waals surface area contributed by atoms with Gasteiger partial charge < -0.3 is 5.73 Å². The van der Waals surface area contributed by atoms with Gasteiger partial charge in [0.05, 0.1) is 10.2 Å². The number of rotatable bonds is 1. The summed E-state index contributed by atoms with van der Waals surface area (Å²) in [4.78, 5) is 4.18. The molecular formula is C9H11ClN2S. The van der Waals surface area contributed by atoms with Gasteiger partial charge in [-0.1, -0.05) is 24.3 Å². The van der Waals surface area contributed by atoms with Crippen LogP contribution in [-0.4, -0.2) is 4.98 Å². The lowest BCUT2D eigenvalue weighted by Crippen LogP contribution is -1.79. The van der Waals surface area contributed by atoms with Crippen molar-refractivity contribution in [3.63, 3.8) is 0 Å². The van der Waals surface area contributed by atoms with Gasteiger partial charge >= 0.3 is 0 Å². The fourth-order valence-corrected chi connectivity index (χ4v) is 2.00. The second-order valence-corrected chi connectivity index (χ2v) is 3.77. The van der Waals surface area contributed by atoms with Crippen LogP contribution in [0, 0.1) is 0 Å². The zero-order valence-electron chi connectivity index (χ0n) is 7.28. The van der Waals surface area contributed by atoms with Crippen molar-refractivity contribution in [3.05, 3.63) is 23.8 Å². The summed E-state index contributed by atoms with van der Waals surface area (Å²) in [5.74, 6) is 0. The third-order valence-electron chi connectivity index (χ3n) is 1.88. The van der Waals surface area contributed by atoms with Crippen molar-refractivity contribution >= 4 is 39.1 Å². The molecule has 2 N–H and O–H groups in total. The summed E-state index contributed by atoms with van der Waals surface area (Å²) in [6.07, 6.45) is 1.06. The van der Waals surface area contributed by atoms with E-state index in [0.717, 1.165) is 11.9 Å². The van der Waals surface area contributed by atoms with Crippen LogP contribution in [0.1, 0.15) is 12.5 Å². The lowest BCUT2D eigenvalue weighted by Gasteiger charge is -1.93. The largest absolute Gasteiger partial charge is 0.375 e. The van der Waals surface area contributed by atoms with Crippen LogP contribution in [0.3, 0.4) is 0 Å². The van der Waals surface area contributed by atoms with Crippen molar-refractivity contribution in [1.82, 2.24) is 4.98 Å². The molecule has 4 heteroatoms. The Morgan fingerprint density at radius 2 is 2.23 bits per heavy atom. The smallest absolute Gasteiger partial charge is 0.181 e. The third-order valence-corrected chi connectivity index (χ3v) is 2.72. The minimum absolute atomic E-state index is 0. The molecule has 0 fully saturated rings. The molecular weight excluding hydrogens is 204 g/mol. The third kappa shape index (κ3) is 1.92. The maximum absolute atomic E-state index is 5.59. The zero-order valence-corrected chi connectivity index (χ0v) is 8.91. The highest BCUT2D eigenvalue weighted by Gasteiger charge is 2.00. The summed E-state index contributed by atoms with van der Waals surface area (Å²) >= 11 is 1.55. The average Bonchev–Trinajstić information content (AvgIpc) is 2.43. The van der Waals surface area contributed by atoms with E-state index >= 15 is 0 Å². The molecule has 0 amide bonds. The predicted octanol–water partition coefficient (Wildman–Crippen LogP) is 2.86. The standard InChI is InChI=1S/C9H10N2S.ClH/c1-2-6-3-4-7-8(5-6)12-9(10)11-7;/h3-5H,2H2,1H3,(H2,10,11);1H. The van der Waals surface area contributed by atoms with E-state index in [1.54, 1.807) is 11.3 Å². The Hall–Kier alpha value is -0.800. The van der Waals surface area contributed by atoms with Gasteiger partial charge in [0, 0.05) is 0 Å². The van der Waals surface area contributed by atoms with Crippen molar-refractivity contribution in [2.45, 2.75) is 13.3 Å². The van der Waals surface area contributed by atoms with Gasteiger partial charge in [-0.2, -0.15) is 0 Å². The predicted molar refractivity (Wildman–Crippen MR) is 60.7 cm³/mol. The molecule has 2 aromatic rings. The van der Waals surface area contributed by atoms with E-state index in [2.05, 4.69) is 24.0 Å². The Morgan fingerprint density at radius 3 is 2.92 bits per heavy atom. The Balaban J connectivity index is 0.000000845. The highest BCUT2D eigenvalue weighted by molar-refractivity contribution is 7.22. The summed E-state index contributed by atoms with van der Waals surface area (Å²) in [7, 11) is 0. The molecule has 0 unspecified atom stereocenters. The molecule has 2 nitrogen and oxygen atoms in total. The van der Waals surface area contributed by atoms with E-state index in [0.29, 0.717) is 5.13 Å². The van der Waals surface area contributed by atoms with E-state index in [1.807, 2.05) is 6.07 Å². The number of nitrogen functional groups attached to an aromatic ring is 1. The number of hydrogen-bond donors (Lipinski definition) is 1. The van der Waals surface area contributed by atoms with Crippen LogP contribution in [0.4, 0.5) is 5.13 Å². The molecule has 0 bridgehead atoms. The van der Waals surface area contributed by atoms with E-state index in [4.69, 9.17) is 5.73 Å². The Kier molecular flexibility index (Phi) is 3.12. The first-order valence-electron chi connectivity index (χ1n) is 3.94. The second-order valence-electron chi connectivity index (χ2n) is 2.71. The molecule has 1 heterocycles. The number of anilines is 1. The number of nitrogens with zero attached hydrogens (tertiary/aromatic N) is 1. The van der Waals surface area contributed by atoms with Crippen LogP contribution in [0.15, 0.2) is 18.2 Å². The van der Waals surface area contributed by atoms with Crippen LogP contribution in [0.5, 0.6) is 0 Å². The maximum Gasteiger partial charge on any atom is 0.181 e. The molecule has 0 saturated heterocycles. The lowest BCUT2D eigenvalue weighted by molar-refractivity contribution is 1.15. The van der Waals surface area contributed by atoms with E-state index < -0.39 is 0 Å². The molecule has 0 aliphatic heterocycles. The maximum atomic E-state index is 5.59. The second kappa shape index (κ2) is 3.94. The highest BCUT2D eigenvalue weighted by atomic mass is 35.5. The molecule has 0 spiro atoms. The topological polar surface area (TPSA) is 38.9 Å². The molecule has 0 saturated carbocycles. The molecule has 0 aliphatic rings. The van der Waals surface area contributed by atoms with Gasteiger partial charge in [-0.25, -0.2) is 4.98 Å². The molecule has 1 aromatic carbocycles. The number of aromatic nitrogens is 1. The van der Waals surface area contributed by atoms with Gasteiger partial charge in [0.1, 0.15) is 0 Å². The van der Waals surface area contributed by atoms with E-state index in [1.165, 1.54) is 10.3 Å². The first kappa shape index (κ1) is 10.3. The summed E-state index contributed by atoms with van der Waals surface area (Å²) < 4.78 is 1.19. The molecule has 2 rings (SSSR count). The normalized spacial score (nSPS) is 9.92. The fourth-order valence-electron chi connectivity index (χ4n) is 1.21. The monoisotopic (exact) mass is 214 g/mol. The van der Waals surface area contributed by atoms with Crippen molar-refractivity contribution < 1.29 is 0 Å². The molecule has 70 valence electrons. The number of benzene rings is 1. The van der Waals surface area contributed by atoms with Gasteiger partial charge in [0.2, 0.25) is 0 Å². The number of fused-ring (bicyclic) bond motifs is 1. The molecule has 0 atom stereocenters. The zero-order chi connectivity index (χ0) is 8.55. The number of aryl methyl sites for hydroxylation is 1. The first-order chi connectivity index (χ1) is 5.79. The summed E-state index contributed by atoms with van der Waals surface area (Å²) in [5.41, 5.74) is 7.94. The van der Waals surface area contributed by atoms with Crippen molar-refractivity contribution in [2.75, 3.05) is 5.73 Å². The molecule has 13 heavy (non-hydrogen) atoms. The van der Waals surface area contributed by atoms with E-state index in [9.17, 15) is 0 Å². The Labute approximate surface area is 87.2 Å². The Bertz CT molecular complexity index is 411. The number of hydrogen-bond acceptors (Lipinski definition) is 3. The number of thiazole rings is 1. The van der Waals surface area contributed by atoms with Crippen LogP contribution < -0.4 is 5.73 Å². The van der Waals surface area contributed by atoms with E-state index in [-0.39, 0.29) is 12.4 Å². The summed E-state index contributed by atoms with van der Waals surface area (Å²) in [6, 6.07) is 6.28. The Morgan fingerprint density at radius 1 is 1.46 bits per heavy atom. The summed E-state index contributed by atoms with van der Waals surface area (Å²) in [6.45, 7) is 2.14. The van der Waals surface area contributed by atoms with Gasteiger partial charge in [-0.3, -0.25) is 0 Å². The fraction of sp³-hybridized carbons (Fsp3) is 0.222. The van der Waals surface area contributed by atoms with Gasteiger partial charge in [-0.15, -0.1) is 12.4 Å². The molecule has 0 aliphatic carbocycles. The van der Waals surface area contributed by atoms with Crippen LogP contribution >= 0.6 is 23.7 Å². The highest BCUT2D eigenvalue weighted by Crippen LogP contribution is 2.24. The van der Waals surface area contributed by atoms with Crippen molar-refractivity contribution in [3.8, 4) is 0 Å². The van der Waals surface area contributed by atoms with Crippen LogP contribution in [0.25, 0.3) is 10.2 Å². The van der Waals surface area contributed by atoms with Crippen molar-refractivity contribution in [2.24, 2.45) is 0 Å². The lowest BCUT2D eigenvalue weighted by atomic mass is 10.2. The first-order valence-corrected chi connectivity index (χ1v) is 4.76. The number of nitrogens with two attached hydrogens (primary N) is 1. The molecule has 0 radical (unpaired) electrons. The number of halogens is 1. The average molecular weight is 215 g/mol.